The molecule has 15 heavy (non-hydrogen) atoms. The van der Waals surface area contributed by atoms with Crippen LogP contribution in [0.25, 0.3) is 5.57 Å². The third kappa shape index (κ3) is 1.29. The lowest BCUT2D eigenvalue weighted by atomic mass is 10.1. The molecule has 0 aromatic heterocycles. The van der Waals surface area contributed by atoms with Gasteiger partial charge in [-0.25, -0.2) is 0 Å². The van der Waals surface area contributed by atoms with E-state index < -0.39 is 0 Å². The van der Waals surface area contributed by atoms with Gasteiger partial charge in [-0.15, -0.1) is 0 Å². The summed E-state index contributed by atoms with van der Waals surface area (Å²) < 4.78 is 0. The molecule has 2 nitrogen and oxygen atoms in total. The molecule has 0 N–H and O–H groups in total. The maximum absolute atomic E-state index is 12.0. The van der Waals surface area contributed by atoms with Gasteiger partial charge in [-0.05, 0) is 24.5 Å². The molecule has 1 aromatic rings. The molecule has 2 heteroatoms. The number of hydrogen-bond acceptors (Lipinski definition) is 1. The summed E-state index contributed by atoms with van der Waals surface area (Å²) in [6.45, 7) is 0.896. The predicted molar refractivity (Wildman–Crippen MR) is 57.8 cm³/mol. The van der Waals surface area contributed by atoms with Crippen LogP contribution in [0.3, 0.4) is 0 Å². The fraction of sp³-hybridized carbons (Fsp3) is 0.308. The van der Waals surface area contributed by atoms with E-state index in [0.29, 0.717) is 0 Å². The number of fused-ring (bicyclic) bond motifs is 1. The number of carbonyl (C=O) groups excluding carboxylic acids is 1. The minimum Gasteiger partial charge on any atom is -0.332 e. The fourth-order valence-electron chi connectivity index (χ4n) is 2.34. The highest BCUT2D eigenvalue weighted by Gasteiger charge is 2.36. The highest BCUT2D eigenvalue weighted by atomic mass is 16.2. The number of carbonyl (C=O) groups is 1. The monoisotopic (exact) mass is 198 g/mol. The van der Waals surface area contributed by atoms with Gasteiger partial charge in [0, 0.05) is 6.54 Å². The van der Waals surface area contributed by atoms with Crippen molar-refractivity contribution in [3.63, 3.8) is 0 Å². The minimum absolute atomic E-state index is 0.156. The molecule has 2 aliphatic heterocycles. The van der Waals surface area contributed by atoms with E-state index in [2.05, 4.69) is 6.08 Å². The van der Waals surface area contributed by atoms with Crippen molar-refractivity contribution in [2.45, 2.75) is 18.9 Å². The molecular weight excluding hydrogens is 186 g/mol. The Morgan fingerprint density at radius 3 is 2.80 bits per heavy atom. The topological polar surface area (TPSA) is 20.3 Å². The van der Waals surface area contributed by atoms with E-state index in [4.69, 9.17) is 0 Å². The SMILES string of the molecule is O=C1C(c2ccccc2)=[C]C2CCCN12. The Kier molecular flexibility index (Phi) is 1.88. The molecule has 1 atom stereocenters. The Balaban J connectivity index is 1.98. The summed E-state index contributed by atoms with van der Waals surface area (Å²) in [7, 11) is 0. The Morgan fingerprint density at radius 1 is 1.27 bits per heavy atom. The van der Waals surface area contributed by atoms with Crippen LogP contribution in [0.15, 0.2) is 30.3 Å². The highest BCUT2D eigenvalue weighted by Crippen LogP contribution is 2.31. The molecule has 2 heterocycles. The van der Waals surface area contributed by atoms with Crippen LogP contribution in [0.5, 0.6) is 0 Å². The van der Waals surface area contributed by atoms with Crippen LogP contribution in [-0.2, 0) is 4.79 Å². The lowest BCUT2D eigenvalue weighted by Crippen LogP contribution is -2.28. The second kappa shape index (κ2) is 3.23. The maximum atomic E-state index is 12.0. The third-order valence-corrected chi connectivity index (χ3v) is 3.10. The van der Waals surface area contributed by atoms with Gasteiger partial charge in [0.2, 0.25) is 0 Å². The molecule has 1 saturated heterocycles. The first-order chi connectivity index (χ1) is 7.36. The molecule has 1 amide bonds. The summed E-state index contributed by atoms with van der Waals surface area (Å²) in [6, 6.07) is 10.1. The summed E-state index contributed by atoms with van der Waals surface area (Å²) in [5, 5.41) is 0. The van der Waals surface area contributed by atoms with Crippen LogP contribution < -0.4 is 0 Å². The van der Waals surface area contributed by atoms with E-state index in [9.17, 15) is 4.79 Å². The third-order valence-electron chi connectivity index (χ3n) is 3.10. The van der Waals surface area contributed by atoms with Crippen molar-refractivity contribution in [3.05, 3.63) is 42.0 Å². The van der Waals surface area contributed by atoms with Crippen molar-refractivity contribution in [3.8, 4) is 0 Å². The molecule has 1 radical (unpaired) electrons. The Hall–Kier alpha value is -1.57. The first kappa shape index (κ1) is 8.72. The minimum atomic E-state index is 0.156. The van der Waals surface area contributed by atoms with Gasteiger partial charge in [0.05, 0.1) is 11.6 Å². The Morgan fingerprint density at radius 2 is 2.07 bits per heavy atom. The van der Waals surface area contributed by atoms with E-state index in [0.717, 1.165) is 30.5 Å². The zero-order chi connectivity index (χ0) is 10.3. The van der Waals surface area contributed by atoms with E-state index in [1.54, 1.807) is 0 Å². The maximum Gasteiger partial charge on any atom is 0.255 e. The van der Waals surface area contributed by atoms with E-state index in [-0.39, 0.29) is 11.9 Å². The molecule has 0 saturated carbocycles. The summed E-state index contributed by atoms with van der Waals surface area (Å²) in [5.41, 5.74) is 1.76. The van der Waals surface area contributed by atoms with Gasteiger partial charge >= 0.3 is 0 Å². The van der Waals surface area contributed by atoms with Crippen molar-refractivity contribution >= 4 is 11.5 Å². The van der Waals surface area contributed by atoms with Crippen molar-refractivity contribution in [2.75, 3.05) is 6.54 Å². The average Bonchev–Trinajstić information content (AvgIpc) is 2.83. The van der Waals surface area contributed by atoms with Gasteiger partial charge < -0.3 is 4.90 Å². The second-order valence-corrected chi connectivity index (χ2v) is 4.04. The van der Waals surface area contributed by atoms with Crippen molar-refractivity contribution in [1.82, 2.24) is 4.90 Å². The standard InChI is InChI=1S/C13H12NO/c15-13-12(10-5-2-1-3-6-10)9-11-7-4-8-14(11)13/h1-3,5-6,11H,4,7-8H2. The van der Waals surface area contributed by atoms with Crippen LogP contribution in [0.4, 0.5) is 0 Å². The largest absolute Gasteiger partial charge is 0.332 e. The molecule has 75 valence electrons. The van der Waals surface area contributed by atoms with Crippen LogP contribution in [-0.4, -0.2) is 23.4 Å². The smallest absolute Gasteiger partial charge is 0.255 e. The summed E-state index contributed by atoms with van der Waals surface area (Å²) in [5.74, 6) is 0.156. The van der Waals surface area contributed by atoms with Gasteiger partial charge in [0.15, 0.2) is 0 Å². The normalized spacial score (nSPS) is 24.3. The van der Waals surface area contributed by atoms with Crippen LogP contribution in [0, 0.1) is 6.08 Å². The number of benzene rings is 1. The van der Waals surface area contributed by atoms with Crippen LogP contribution in [0.2, 0.25) is 0 Å². The van der Waals surface area contributed by atoms with E-state index in [1.807, 2.05) is 35.2 Å². The van der Waals surface area contributed by atoms with Gasteiger partial charge in [0.1, 0.15) is 0 Å². The molecule has 1 unspecified atom stereocenters. The predicted octanol–water partition coefficient (Wildman–Crippen LogP) is 1.88. The summed E-state index contributed by atoms with van der Waals surface area (Å²) >= 11 is 0. The van der Waals surface area contributed by atoms with E-state index >= 15 is 0 Å². The molecule has 2 aliphatic rings. The summed E-state index contributed by atoms with van der Waals surface area (Å²) in [6.07, 6.45) is 5.50. The first-order valence-electron chi connectivity index (χ1n) is 5.36. The molecule has 0 bridgehead atoms. The van der Waals surface area contributed by atoms with Crippen molar-refractivity contribution in [1.29, 1.82) is 0 Å². The number of amides is 1. The molecule has 3 rings (SSSR count). The van der Waals surface area contributed by atoms with Gasteiger partial charge in [-0.1, -0.05) is 30.3 Å². The summed E-state index contributed by atoms with van der Waals surface area (Å²) in [4.78, 5) is 13.9. The lowest BCUT2D eigenvalue weighted by molar-refractivity contribution is -0.124. The first-order valence-corrected chi connectivity index (χ1v) is 5.36. The van der Waals surface area contributed by atoms with Gasteiger partial charge in [-0.3, -0.25) is 4.79 Å². The molecule has 1 aromatic carbocycles. The number of nitrogens with zero attached hydrogens (tertiary/aromatic N) is 1. The zero-order valence-electron chi connectivity index (χ0n) is 8.44. The quantitative estimate of drug-likeness (QED) is 0.674. The Bertz CT molecular complexity index is 421. The average molecular weight is 198 g/mol. The van der Waals surface area contributed by atoms with Crippen LogP contribution in [0.1, 0.15) is 18.4 Å². The fourth-order valence-corrected chi connectivity index (χ4v) is 2.34. The number of rotatable bonds is 1. The van der Waals surface area contributed by atoms with E-state index in [1.165, 1.54) is 0 Å². The molecule has 0 spiro atoms. The molecular formula is C13H12NO. The van der Waals surface area contributed by atoms with Gasteiger partial charge in [0.25, 0.3) is 5.91 Å². The lowest BCUT2D eigenvalue weighted by Gasteiger charge is -2.14. The zero-order valence-corrected chi connectivity index (χ0v) is 8.44. The Labute approximate surface area is 89.2 Å². The van der Waals surface area contributed by atoms with Crippen molar-refractivity contribution < 1.29 is 4.79 Å². The molecule has 1 fully saturated rings. The van der Waals surface area contributed by atoms with Crippen LogP contribution >= 0.6 is 0 Å². The second-order valence-electron chi connectivity index (χ2n) is 4.04. The highest BCUT2D eigenvalue weighted by molar-refractivity contribution is 6.20. The van der Waals surface area contributed by atoms with Gasteiger partial charge in [-0.2, -0.15) is 0 Å². The molecule has 0 aliphatic carbocycles. The van der Waals surface area contributed by atoms with Crippen molar-refractivity contribution in [2.24, 2.45) is 0 Å². The number of hydrogen-bond donors (Lipinski definition) is 0.